The summed E-state index contributed by atoms with van der Waals surface area (Å²) in [5, 5.41) is 2.05. The molecule has 0 atom stereocenters. The fourth-order valence-corrected chi connectivity index (χ4v) is 4.52. The number of benzene rings is 3. The average molecular weight is 408 g/mol. The third-order valence-corrected chi connectivity index (χ3v) is 5.82. The summed E-state index contributed by atoms with van der Waals surface area (Å²) in [6.07, 6.45) is 1.80. The van der Waals surface area contributed by atoms with Crippen LogP contribution in [0.5, 0.6) is 11.5 Å². The fraction of sp³-hybridized carbons (Fsp3) is 0.0909. The van der Waals surface area contributed by atoms with Crippen molar-refractivity contribution in [3.63, 3.8) is 0 Å². The van der Waals surface area contributed by atoms with Crippen LogP contribution in [0.1, 0.15) is 5.56 Å². The van der Waals surface area contributed by atoms with E-state index in [-0.39, 0.29) is 5.91 Å². The van der Waals surface area contributed by atoms with Crippen LogP contribution in [0, 0.1) is 0 Å². The Morgan fingerprint density at radius 2 is 1.71 bits per heavy atom. The maximum atomic E-state index is 13.2. The molecule has 3 aromatic rings. The van der Waals surface area contributed by atoms with Crippen molar-refractivity contribution in [2.45, 2.75) is 0 Å². The van der Waals surface area contributed by atoms with Gasteiger partial charge in [-0.05, 0) is 23.6 Å². The van der Waals surface area contributed by atoms with Gasteiger partial charge in [-0.25, -0.2) is 0 Å². The van der Waals surface area contributed by atoms with E-state index in [1.54, 1.807) is 25.2 Å². The number of rotatable bonds is 4. The van der Waals surface area contributed by atoms with Crippen LogP contribution in [0.2, 0.25) is 0 Å². The van der Waals surface area contributed by atoms with Crippen LogP contribution in [0.25, 0.3) is 16.8 Å². The second-order valence-electron chi connectivity index (χ2n) is 6.10. The molecule has 0 aromatic heterocycles. The van der Waals surface area contributed by atoms with E-state index < -0.39 is 0 Å². The number of thiocarbonyl (C=S) groups is 1. The number of nitrogens with zero attached hydrogens (tertiary/aromatic N) is 1. The molecule has 0 bridgehead atoms. The molecule has 1 fully saturated rings. The third-order valence-electron chi connectivity index (χ3n) is 4.52. The normalized spacial score (nSPS) is 15.5. The lowest BCUT2D eigenvalue weighted by molar-refractivity contribution is -0.113. The van der Waals surface area contributed by atoms with E-state index in [1.807, 2.05) is 60.7 Å². The van der Waals surface area contributed by atoms with E-state index in [0.717, 1.165) is 22.0 Å². The first kappa shape index (κ1) is 18.5. The quantitative estimate of drug-likeness (QED) is 0.436. The van der Waals surface area contributed by atoms with Crippen molar-refractivity contribution in [3.8, 4) is 11.5 Å². The highest BCUT2D eigenvalue weighted by Gasteiger charge is 2.34. The van der Waals surface area contributed by atoms with Crippen molar-refractivity contribution in [1.29, 1.82) is 0 Å². The first-order valence-corrected chi connectivity index (χ1v) is 9.83. The van der Waals surface area contributed by atoms with Gasteiger partial charge in [-0.2, -0.15) is 0 Å². The third kappa shape index (κ3) is 3.15. The molecule has 140 valence electrons. The fourth-order valence-electron chi connectivity index (χ4n) is 3.25. The number of fused-ring (bicyclic) bond motifs is 1. The van der Waals surface area contributed by atoms with Gasteiger partial charge >= 0.3 is 0 Å². The molecule has 6 heteroatoms. The summed E-state index contributed by atoms with van der Waals surface area (Å²) in [5.74, 6) is 1.05. The molecular formula is C22H17NO3S2. The van der Waals surface area contributed by atoms with Gasteiger partial charge in [0.1, 0.15) is 0 Å². The minimum absolute atomic E-state index is 0.142. The van der Waals surface area contributed by atoms with Crippen molar-refractivity contribution in [1.82, 2.24) is 0 Å². The van der Waals surface area contributed by atoms with Crippen LogP contribution in [-0.4, -0.2) is 24.4 Å². The predicted octanol–water partition coefficient (Wildman–Crippen LogP) is 5.26. The van der Waals surface area contributed by atoms with Crippen LogP contribution >= 0.6 is 24.0 Å². The van der Waals surface area contributed by atoms with E-state index >= 15 is 0 Å². The number of hydrogen-bond donors (Lipinski definition) is 0. The number of thioether (sulfide) groups is 1. The molecule has 0 saturated carbocycles. The molecule has 1 heterocycles. The Balaban J connectivity index is 1.77. The van der Waals surface area contributed by atoms with Crippen LogP contribution in [0.4, 0.5) is 5.69 Å². The number of methoxy groups -OCH3 is 2. The standard InChI is InChI=1S/C22H17NO3S2/c1-25-18-12-6-9-15(20(18)26-2)13-19-21(24)23(22(27)28-19)17-11-5-8-14-7-3-4-10-16(14)17/h3-13H,1-2H3/b19-13-. The van der Waals surface area contributed by atoms with Crippen molar-refractivity contribution >= 4 is 56.7 Å². The number of carbonyl (C=O) groups excluding carboxylic acids is 1. The van der Waals surface area contributed by atoms with Crippen LogP contribution < -0.4 is 14.4 Å². The van der Waals surface area contributed by atoms with Gasteiger partial charge in [0.05, 0.1) is 24.8 Å². The summed E-state index contributed by atoms with van der Waals surface area (Å²) < 4.78 is 11.3. The molecule has 0 radical (unpaired) electrons. The van der Waals surface area contributed by atoms with Crippen LogP contribution in [-0.2, 0) is 4.79 Å². The minimum atomic E-state index is -0.142. The molecule has 1 amide bonds. The van der Waals surface area contributed by atoms with Crippen molar-refractivity contribution in [3.05, 3.63) is 71.1 Å². The first-order valence-electron chi connectivity index (χ1n) is 8.60. The van der Waals surface area contributed by atoms with E-state index in [2.05, 4.69) is 0 Å². The number of amides is 1. The lowest BCUT2D eigenvalue weighted by Crippen LogP contribution is -2.27. The number of para-hydroxylation sites is 1. The largest absolute Gasteiger partial charge is 0.493 e. The molecule has 1 aliphatic rings. The molecule has 0 aliphatic carbocycles. The number of carbonyl (C=O) groups is 1. The molecule has 0 unspecified atom stereocenters. The molecule has 0 N–H and O–H groups in total. The molecule has 3 aromatic carbocycles. The lowest BCUT2D eigenvalue weighted by Gasteiger charge is -2.17. The smallest absolute Gasteiger partial charge is 0.270 e. The zero-order valence-corrected chi connectivity index (χ0v) is 17.0. The predicted molar refractivity (Wildman–Crippen MR) is 119 cm³/mol. The zero-order valence-electron chi connectivity index (χ0n) is 15.3. The van der Waals surface area contributed by atoms with Gasteiger partial charge in [0, 0.05) is 10.9 Å². The second-order valence-corrected chi connectivity index (χ2v) is 7.77. The Kier molecular flexibility index (Phi) is 5.07. The van der Waals surface area contributed by atoms with Gasteiger partial charge in [-0.15, -0.1) is 0 Å². The minimum Gasteiger partial charge on any atom is -0.493 e. The summed E-state index contributed by atoms with van der Waals surface area (Å²) in [7, 11) is 3.16. The molecular weight excluding hydrogens is 390 g/mol. The van der Waals surface area contributed by atoms with Gasteiger partial charge in [-0.3, -0.25) is 9.69 Å². The van der Waals surface area contributed by atoms with Crippen molar-refractivity contribution in [2.24, 2.45) is 0 Å². The highest BCUT2D eigenvalue weighted by atomic mass is 32.2. The Hall–Kier alpha value is -2.83. The van der Waals surface area contributed by atoms with Gasteiger partial charge in [0.15, 0.2) is 15.8 Å². The average Bonchev–Trinajstić information content (AvgIpc) is 3.00. The Morgan fingerprint density at radius 1 is 0.964 bits per heavy atom. The summed E-state index contributed by atoms with van der Waals surface area (Å²) in [6, 6.07) is 19.4. The highest BCUT2D eigenvalue weighted by molar-refractivity contribution is 8.27. The van der Waals surface area contributed by atoms with E-state index in [9.17, 15) is 4.79 Å². The zero-order chi connectivity index (χ0) is 19.7. The monoisotopic (exact) mass is 407 g/mol. The summed E-state index contributed by atoms with van der Waals surface area (Å²) >= 11 is 6.82. The number of anilines is 1. The van der Waals surface area contributed by atoms with Crippen LogP contribution in [0.3, 0.4) is 0 Å². The van der Waals surface area contributed by atoms with E-state index in [1.165, 1.54) is 11.8 Å². The summed E-state index contributed by atoms with van der Waals surface area (Å²) in [5.41, 5.74) is 1.56. The van der Waals surface area contributed by atoms with Crippen molar-refractivity contribution in [2.75, 3.05) is 19.1 Å². The van der Waals surface area contributed by atoms with E-state index in [0.29, 0.717) is 20.7 Å². The Labute approximate surface area is 172 Å². The number of ether oxygens (including phenoxy) is 2. The maximum absolute atomic E-state index is 13.2. The van der Waals surface area contributed by atoms with Gasteiger partial charge in [-0.1, -0.05) is 72.5 Å². The topological polar surface area (TPSA) is 38.8 Å². The molecule has 1 aliphatic heterocycles. The van der Waals surface area contributed by atoms with Crippen LogP contribution in [0.15, 0.2) is 65.6 Å². The Morgan fingerprint density at radius 3 is 2.50 bits per heavy atom. The van der Waals surface area contributed by atoms with Gasteiger partial charge in [0.25, 0.3) is 5.91 Å². The van der Waals surface area contributed by atoms with Crippen molar-refractivity contribution < 1.29 is 14.3 Å². The number of hydrogen-bond acceptors (Lipinski definition) is 5. The SMILES string of the molecule is COc1cccc(/C=C2\SC(=S)N(c3cccc4ccccc34)C2=O)c1OC. The Bertz CT molecular complexity index is 1120. The molecule has 4 rings (SSSR count). The summed E-state index contributed by atoms with van der Waals surface area (Å²) in [6.45, 7) is 0. The highest BCUT2D eigenvalue weighted by Crippen LogP contribution is 2.40. The maximum Gasteiger partial charge on any atom is 0.270 e. The van der Waals surface area contributed by atoms with E-state index in [4.69, 9.17) is 21.7 Å². The van der Waals surface area contributed by atoms with Gasteiger partial charge in [0.2, 0.25) is 0 Å². The lowest BCUT2D eigenvalue weighted by atomic mass is 10.1. The molecule has 0 spiro atoms. The molecule has 1 saturated heterocycles. The summed E-state index contributed by atoms with van der Waals surface area (Å²) in [4.78, 5) is 15.3. The molecule has 4 nitrogen and oxygen atoms in total. The molecule has 28 heavy (non-hydrogen) atoms. The first-order chi connectivity index (χ1) is 13.6. The second kappa shape index (κ2) is 7.66. The van der Waals surface area contributed by atoms with Gasteiger partial charge < -0.3 is 9.47 Å².